The van der Waals surface area contributed by atoms with Crippen LogP contribution in [0.1, 0.15) is 25.5 Å². The third-order valence-electron chi connectivity index (χ3n) is 4.30. The molecule has 1 N–H and O–H groups in total. The molecule has 5 nitrogen and oxygen atoms in total. The van der Waals surface area contributed by atoms with Crippen LogP contribution in [0.2, 0.25) is 0 Å². The maximum Gasteiger partial charge on any atom is 0.181 e. The van der Waals surface area contributed by atoms with Gasteiger partial charge in [0.2, 0.25) is 0 Å². The Morgan fingerprint density at radius 3 is 2.79 bits per heavy atom. The second-order valence-electron chi connectivity index (χ2n) is 6.29. The van der Waals surface area contributed by atoms with Crippen molar-refractivity contribution in [2.24, 2.45) is 0 Å². The zero-order valence-corrected chi connectivity index (χ0v) is 14.0. The van der Waals surface area contributed by atoms with Gasteiger partial charge in [-0.3, -0.25) is 10.1 Å². The average molecular weight is 317 g/mol. The molecular weight excluding hydrogens is 298 g/mol. The normalized spacial score (nSPS) is 11.5. The van der Waals surface area contributed by atoms with E-state index in [0.29, 0.717) is 11.9 Å². The molecule has 0 saturated heterocycles. The monoisotopic (exact) mass is 317 g/mol. The number of nitrogens with one attached hydrogen (secondary N) is 1. The summed E-state index contributed by atoms with van der Waals surface area (Å²) in [6.07, 6.45) is 5.73. The lowest BCUT2D eigenvalue weighted by molar-refractivity contribution is 0.623. The second kappa shape index (κ2) is 5.60. The highest BCUT2D eigenvalue weighted by molar-refractivity contribution is 5.84. The number of pyridine rings is 1. The largest absolute Gasteiger partial charge is 0.345 e. The molecule has 3 aromatic heterocycles. The Bertz CT molecular complexity index is 1010. The van der Waals surface area contributed by atoms with Crippen molar-refractivity contribution in [3.8, 4) is 22.8 Å². The first-order valence-corrected chi connectivity index (χ1v) is 8.08. The quantitative estimate of drug-likeness (QED) is 0.610. The fourth-order valence-corrected chi connectivity index (χ4v) is 3.00. The Morgan fingerprint density at radius 2 is 2.00 bits per heavy atom. The first-order valence-electron chi connectivity index (χ1n) is 8.08. The van der Waals surface area contributed by atoms with E-state index < -0.39 is 0 Å². The number of hydrogen-bond donors (Lipinski definition) is 1. The van der Waals surface area contributed by atoms with Crippen LogP contribution in [0.25, 0.3) is 33.7 Å². The Morgan fingerprint density at radius 1 is 1.12 bits per heavy atom. The molecule has 0 aliphatic heterocycles. The third kappa shape index (κ3) is 2.38. The van der Waals surface area contributed by atoms with E-state index in [1.54, 1.807) is 6.20 Å². The van der Waals surface area contributed by atoms with Crippen LogP contribution in [-0.4, -0.2) is 24.7 Å². The average Bonchev–Trinajstić information content (AvgIpc) is 3.21. The molecule has 4 aromatic rings. The van der Waals surface area contributed by atoms with Gasteiger partial charge >= 0.3 is 0 Å². The Kier molecular flexibility index (Phi) is 3.41. The summed E-state index contributed by atoms with van der Waals surface area (Å²) in [5.41, 5.74) is 4.34. The first-order chi connectivity index (χ1) is 11.6. The van der Waals surface area contributed by atoms with Crippen molar-refractivity contribution in [1.82, 2.24) is 24.7 Å². The molecule has 0 aliphatic carbocycles. The molecule has 4 rings (SSSR count). The number of hydrogen-bond acceptors (Lipinski definition) is 3. The van der Waals surface area contributed by atoms with E-state index in [0.717, 1.165) is 22.5 Å². The van der Waals surface area contributed by atoms with E-state index in [-0.39, 0.29) is 0 Å². The first kappa shape index (κ1) is 14.6. The lowest BCUT2D eigenvalue weighted by Gasteiger charge is -2.09. The van der Waals surface area contributed by atoms with E-state index in [9.17, 15) is 0 Å². The van der Waals surface area contributed by atoms with Crippen LogP contribution in [-0.2, 0) is 0 Å². The lowest BCUT2D eigenvalue weighted by atomic mass is 10.1. The van der Waals surface area contributed by atoms with Crippen LogP contribution in [0.4, 0.5) is 0 Å². The van der Waals surface area contributed by atoms with Crippen molar-refractivity contribution in [3.63, 3.8) is 0 Å². The van der Waals surface area contributed by atoms with Crippen molar-refractivity contribution in [1.29, 1.82) is 0 Å². The van der Waals surface area contributed by atoms with Gasteiger partial charge in [0.05, 0.1) is 0 Å². The number of aromatic nitrogens is 5. The van der Waals surface area contributed by atoms with Gasteiger partial charge in [-0.25, -0.2) is 4.98 Å². The zero-order chi connectivity index (χ0) is 16.7. The predicted molar refractivity (Wildman–Crippen MR) is 95.7 cm³/mol. The predicted octanol–water partition coefficient (Wildman–Crippen LogP) is 4.38. The third-order valence-corrected chi connectivity index (χ3v) is 4.30. The van der Waals surface area contributed by atoms with Crippen LogP contribution in [0.5, 0.6) is 0 Å². The number of benzene rings is 1. The Hall–Kier alpha value is -2.95. The van der Waals surface area contributed by atoms with Gasteiger partial charge in [0, 0.05) is 46.7 Å². The van der Waals surface area contributed by atoms with Crippen LogP contribution < -0.4 is 0 Å². The van der Waals surface area contributed by atoms with E-state index in [1.165, 1.54) is 10.9 Å². The SMILES string of the molecule is Cc1cnccc1-c1nc(-c2ccc3c(ccn3C(C)C)c2)n[nH]1. The fraction of sp³-hybridized carbons (Fsp3) is 0.211. The maximum atomic E-state index is 4.66. The summed E-state index contributed by atoms with van der Waals surface area (Å²) in [5.74, 6) is 1.48. The van der Waals surface area contributed by atoms with Crippen molar-refractivity contribution in [2.45, 2.75) is 26.8 Å². The van der Waals surface area contributed by atoms with Crippen LogP contribution in [0.15, 0.2) is 48.9 Å². The molecule has 0 radical (unpaired) electrons. The molecule has 3 heterocycles. The molecule has 0 bridgehead atoms. The second-order valence-corrected chi connectivity index (χ2v) is 6.29. The van der Waals surface area contributed by atoms with Gasteiger partial charge < -0.3 is 4.57 Å². The molecule has 0 saturated carbocycles. The van der Waals surface area contributed by atoms with E-state index in [4.69, 9.17) is 0 Å². The molecule has 0 fully saturated rings. The molecule has 1 aromatic carbocycles. The Balaban J connectivity index is 1.75. The smallest absolute Gasteiger partial charge is 0.181 e. The minimum atomic E-state index is 0.443. The molecule has 0 spiro atoms. The van der Waals surface area contributed by atoms with Crippen LogP contribution in [0.3, 0.4) is 0 Å². The highest BCUT2D eigenvalue weighted by Gasteiger charge is 2.11. The van der Waals surface area contributed by atoms with Gasteiger partial charge in [0.15, 0.2) is 11.6 Å². The molecule has 24 heavy (non-hydrogen) atoms. The van der Waals surface area contributed by atoms with Crippen molar-refractivity contribution < 1.29 is 0 Å². The number of aryl methyl sites for hydroxylation is 1. The van der Waals surface area contributed by atoms with Crippen molar-refractivity contribution >= 4 is 10.9 Å². The topological polar surface area (TPSA) is 59.4 Å². The number of nitrogens with zero attached hydrogens (tertiary/aromatic N) is 4. The van der Waals surface area contributed by atoms with Gasteiger partial charge in [-0.1, -0.05) is 0 Å². The summed E-state index contributed by atoms with van der Waals surface area (Å²) < 4.78 is 2.27. The van der Waals surface area contributed by atoms with Gasteiger partial charge in [0.1, 0.15) is 0 Å². The molecule has 0 atom stereocenters. The molecule has 120 valence electrons. The number of rotatable bonds is 3. The molecule has 0 amide bonds. The highest BCUT2D eigenvalue weighted by atomic mass is 15.2. The van der Waals surface area contributed by atoms with Gasteiger partial charge in [-0.2, -0.15) is 5.10 Å². The Labute approximate surface area is 140 Å². The number of fused-ring (bicyclic) bond motifs is 1. The maximum absolute atomic E-state index is 4.66. The number of H-pyrrole nitrogens is 1. The van der Waals surface area contributed by atoms with Crippen molar-refractivity contribution in [3.05, 3.63) is 54.5 Å². The van der Waals surface area contributed by atoms with E-state index >= 15 is 0 Å². The fourth-order valence-electron chi connectivity index (χ4n) is 3.00. The summed E-state index contributed by atoms with van der Waals surface area (Å²) in [4.78, 5) is 8.78. The van der Waals surface area contributed by atoms with E-state index in [2.05, 4.69) is 69.0 Å². The number of aromatic amines is 1. The molecular formula is C19H19N5. The van der Waals surface area contributed by atoms with E-state index in [1.807, 2.05) is 19.2 Å². The van der Waals surface area contributed by atoms with Crippen LogP contribution in [0, 0.1) is 6.92 Å². The summed E-state index contributed by atoms with van der Waals surface area (Å²) in [5, 5.41) is 8.63. The van der Waals surface area contributed by atoms with Gasteiger partial charge in [-0.15, -0.1) is 0 Å². The van der Waals surface area contributed by atoms with Crippen LogP contribution >= 0.6 is 0 Å². The van der Waals surface area contributed by atoms with Gasteiger partial charge in [-0.05, 0) is 56.7 Å². The minimum Gasteiger partial charge on any atom is -0.345 e. The van der Waals surface area contributed by atoms with Gasteiger partial charge in [0.25, 0.3) is 0 Å². The summed E-state index contributed by atoms with van der Waals surface area (Å²) >= 11 is 0. The standard InChI is InChI=1S/C19H19N5/c1-12(2)24-9-7-14-10-15(4-5-17(14)24)18-21-19(23-22-18)16-6-8-20-11-13(16)3/h4-12H,1-3H3,(H,21,22,23). The molecule has 0 unspecified atom stereocenters. The molecule has 5 heteroatoms. The highest BCUT2D eigenvalue weighted by Crippen LogP contribution is 2.26. The minimum absolute atomic E-state index is 0.443. The van der Waals surface area contributed by atoms with Crippen molar-refractivity contribution in [2.75, 3.05) is 0 Å². The zero-order valence-electron chi connectivity index (χ0n) is 14.0. The summed E-state index contributed by atoms with van der Waals surface area (Å²) in [7, 11) is 0. The molecule has 0 aliphatic rings. The lowest BCUT2D eigenvalue weighted by Crippen LogP contribution is -1.97. The summed E-state index contributed by atoms with van der Waals surface area (Å²) in [6.45, 7) is 6.39. The summed E-state index contributed by atoms with van der Waals surface area (Å²) in [6, 6.07) is 10.9.